The molecule has 0 saturated carbocycles. The van der Waals surface area contributed by atoms with Crippen LogP contribution in [0.3, 0.4) is 0 Å². The van der Waals surface area contributed by atoms with E-state index in [1.54, 1.807) is 6.33 Å². The van der Waals surface area contributed by atoms with Crippen LogP contribution in [0.5, 0.6) is 0 Å². The van der Waals surface area contributed by atoms with Gasteiger partial charge in [-0.1, -0.05) is 53.1 Å². The number of fused-ring (bicyclic) bond motifs is 1. The summed E-state index contributed by atoms with van der Waals surface area (Å²) in [4.78, 5) is 12.9. The lowest BCUT2D eigenvalue weighted by Crippen LogP contribution is -2.50. The van der Waals surface area contributed by atoms with Crippen molar-refractivity contribution in [2.75, 3.05) is 13.2 Å². The lowest BCUT2D eigenvalue weighted by atomic mass is 9.83. The molecule has 0 aromatic carbocycles. The predicted molar refractivity (Wildman–Crippen MR) is 143 cm³/mol. The molecule has 1 aliphatic heterocycles. The summed E-state index contributed by atoms with van der Waals surface area (Å²) in [6, 6.07) is 0. The van der Waals surface area contributed by atoms with Gasteiger partial charge in [-0.2, -0.15) is 0 Å². The Balaban J connectivity index is 1.93. The van der Waals surface area contributed by atoms with Gasteiger partial charge in [-0.25, -0.2) is 15.0 Å². The van der Waals surface area contributed by atoms with Gasteiger partial charge in [0.2, 0.25) is 0 Å². The fourth-order valence-corrected chi connectivity index (χ4v) is 5.95. The van der Waals surface area contributed by atoms with Crippen molar-refractivity contribution >= 4 is 39.4 Å². The molecule has 1 fully saturated rings. The highest BCUT2D eigenvalue weighted by atomic mass is 35.5. The van der Waals surface area contributed by atoms with Crippen molar-refractivity contribution in [2.45, 2.75) is 103 Å². The summed E-state index contributed by atoms with van der Waals surface area (Å²) in [6.07, 6.45) is 3.70. The first kappa shape index (κ1) is 27.7. The van der Waals surface area contributed by atoms with Crippen LogP contribution in [0.2, 0.25) is 41.4 Å². The smallest absolute Gasteiger partial charge is 0.192 e. The summed E-state index contributed by atoms with van der Waals surface area (Å²) in [6.45, 7) is 26.2. The summed E-state index contributed by atoms with van der Waals surface area (Å²) < 4.78 is 22.1. The molecule has 2 atom stereocenters. The highest BCUT2D eigenvalue weighted by Gasteiger charge is 2.51. The zero-order valence-electron chi connectivity index (χ0n) is 22.8. The van der Waals surface area contributed by atoms with Gasteiger partial charge >= 0.3 is 0 Å². The Bertz CT molecular complexity index is 984. The molecule has 0 unspecified atom stereocenters. The summed E-state index contributed by atoms with van der Waals surface area (Å²) in [7, 11) is -3.91. The molecule has 2 aromatic heterocycles. The molecule has 1 aliphatic rings. The minimum absolute atomic E-state index is 0.0539. The maximum absolute atomic E-state index is 6.80. The van der Waals surface area contributed by atoms with Crippen molar-refractivity contribution in [2.24, 2.45) is 5.41 Å². The summed E-state index contributed by atoms with van der Waals surface area (Å²) in [5, 5.41) is 0.610. The molecule has 0 bridgehead atoms. The molecule has 1 saturated heterocycles. The van der Waals surface area contributed by atoms with Crippen LogP contribution in [-0.2, 0) is 13.6 Å². The number of imidazole rings is 1. The van der Waals surface area contributed by atoms with Crippen LogP contribution in [0.1, 0.15) is 61.1 Å². The minimum atomic E-state index is -1.96. The van der Waals surface area contributed by atoms with Crippen LogP contribution in [0.15, 0.2) is 12.7 Å². The average Bonchev–Trinajstić information content (AvgIpc) is 3.26. The number of aromatic nitrogens is 4. The van der Waals surface area contributed by atoms with Gasteiger partial charge in [0.25, 0.3) is 0 Å². The standard InChI is InChI=1S/C24H43ClN4O3Si2/c1-17-24(13-30-33(8,9)22(2,3)4,14-31-34(10,11)23(5,6)7)12-18(32-17)29-16-28-19-20(25)26-15-27-21(19)29/h15-18H,12-14H2,1-11H3/t17-,18+/m1/s1. The van der Waals surface area contributed by atoms with Crippen molar-refractivity contribution in [3.63, 3.8) is 0 Å². The van der Waals surface area contributed by atoms with Crippen molar-refractivity contribution in [3.05, 3.63) is 17.8 Å². The fraction of sp³-hybridized carbons (Fsp3) is 0.792. The van der Waals surface area contributed by atoms with E-state index in [4.69, 9.17) is 25.2 Å². The normalized spacial score (nSPS) is 22.0. The third kappa shape index (κ3) is 5.29. The van der Waals surface area contributed by atoms with Crippen molar-refractivity contribution in [3.8, 4) is 0 Å². The lowest BCUT2D eigenvalue weighted by Gasteiger charge is -2.43. The Labute approximate surface area is 212 Å². The fourth-order valence-electron chi connectivity index (χ4n) is 3.62. The Morgan fingerprint density at radius 3 is 2.03 bits per heavy atom. The topological polar surface area (TPSA) is 71.3 Å². The van der Waals surface area contributed by atoms with Crippen molar-refractivity contribution in [1.29, 1.82) is 0 Å². The number of ether oxygens (including phenoxy) is 1. The maximum atomic E-state index is 6.80. The molecule has 0 aliphatic carbocycles. The van der Waals surface area contributed by atoms with Gasteiger partial charge in [-0.15, -0.1) is 0 Å². The third-order valence-electron chi connectivity index (χ3n) is 8.48. The van der Waals surface area contributed by atoms with E-state index in [0.29, 0.717) is 29.5 Å². The van der Waals surface area contributed by atoms with E-state index in [2.05, 4.69) is 89.6 Å². The second-order valence-electron chi connectivity index (χ2n) is 12.9. The third-order valence-corrected chi connectivity index (χ3v) is 17.7. The SMILES string of the molecule is C[C@H]1O[C@H](n2cnc3c(Cl)ncnc32)CC1(CO[Si](C)(C)C(C)(C)C)CO[Si](C)(C)C(C)(C)C. The Morgan fingerprint density at radius 1 is 1.00 bits per heavy atom. The van der Waals surface area contributed by atoms with E-state index in [9.17, 15) is 0 Å². The second-order valence-corrected chi connectivity index (χ2v) is 22.9. The number of nitrogens with zero attached hydrogens (tertiary/aromatic N) is 4. The maximum Gasteiger partial charge on any atom is 0.192 e. The molecule has 192 valence electrons. The summed E-state index contributed by atoms with van der Waals surface area (Å²) in [5.41, 5.74) is 1.000. The Kier molecular flexibility index (Phi) is 7.53. The van der Waals surface area contributed by atoms with E-state index in [0.717, 1.165) is 6.42 Å². The summed E-state index contributed by atoms with van der Waals surface area (Å²) >= 11 is 6.25. The van der Waals surface area contributed by atoms with Crippen molar-refractivity contribution < 1.29 is 13.6 Å². The molecule has 0 radical (unpaired) electrons. The molecule has 7 nitrogen and oxygen atoms in total. The quantitative estimate of drug-likeness (QED) is 0.291. The first-order chi connectivity index (χ1) is 15.4. The molecule has 34 heavy (non-hydrogen) atoms. The zero-order chi connectivity index (χ0) is 25.7. The number of hydrogen-bond donors (Lipinski definition) is 0. The van der Waals surface area contributed by atoms with E-state index in [1.807, 2.05) is 4.57 Å². The Morgan fingerprint density at radius 2 is 1.53 bits per heavy atom. The highest BCUT2D eigenvalue weighted by molar-refractivity contribution is 6.74. The average molecular weight is 527 g/mol. The van der Waals surface area contributed by atoms with Crippen LogP contribution in [0, 0.1) is 5.41 Å². The molecule has 0 N–H and O–H groups in total. The van der Waals surface area contributed by atoms with Crippen LogP contribution < -0.4 is 0 Å². The molecule has 3 heterocycles. The zero-order valence-corrected chi connectivity index (χ0v) is 25.6. The van der Waals surface area contributed by atoms with Gasteiger partial charge in [0.1, 0.15) is 18.1 Å². The van der Waals surface area contributed by atoms with Crippen molar-refractivity contribution in [1.82, 2.24) is 19.5 Å². The number of rotatable bonds is 7. The highest BCUT2D eigenvalue weighted by Crippen LogP contribution is 2.48. The summed E-state index contributed by atoms with van der Waals surface area (Å²) in [5.74, 6) is 0. The van der Waals surface area contributed by atoms with Crippen LogP contribution in [0.4, 0.5) is 0 Å². The minimum Gasteiger partial charge on any atom is -0.416 e. The van der Waals surface area contributed by atoms with Gasteiger partial charge in [0, 0.05) is 25.0 Å². The van der Waals surface area contributed by atoms with E-state index >= 15 is 0 Å². The molecule has 0 amide bonds. The van der Waals surface area contributed by atoms with E-state index in [1.165, 1.54) is 6.33 Å². The van der Waals surface area contributed by atoms with E-state index in [-0.39, 0.29) is 27.8 Å². The first-order valence-electron chi connectivity index (χ1n) is 12.2. The van der Waals surface area contributed by atoms with Crippen LogP contribution in [-0.4, -0.2) is 55.5 Å². The molecule has 10 heteroatoms. The van der Waals surface area contributed by atoms with E-state index < -0.39 is 16.6 Å². The molecule has 3 rings (SSSR count). The van der Waals surface area contributed by atoms with Gasteiger partial charge in [0.05, 0.1) is 12.4 Å². The largest absolute Gasteiger partial charge is 0.416 e. The monoisotopic (exact) mass is 526 g/mol. The van der Waals surface area contributed by atoms with Crippen LogP contribution in [0.25, 0.3) is 11.2 Å². The predicted octanol–water partition coefficient (Wildman–Crippen LogP) is 6.82. The molecule has 0 spiro atoms. The van der Waals surface area contributed by atoms with Gasteiger partial charge in [-0.3, -0.25) is 4.57 Å². The lowest BCUT2D eigenvalue weighted by molar-refractivity contribution is -0.0310. The van der Waals surface area contributed by atoms with Gasteiger partial charge < -0.3 is 13.6 Å². The van der Waals surface area contributed by atoms with Crippen LogP contribution >= 0.6 is 11.6 Å². The number of hydrogen-bond acceptors (Lipinski definition) is 6. The molecular formula is C24H43ClN4O3Si2. The van der Waals surface area contributed by atoms with Gasteiger partial charge in [0.15, 0.2) is 27.4 Å². The molecular weight excluding hydrogens is 484 g/mol. The van der Waals surface area contributed by atoms with Gasteiger partial charge in [-0.05, 0) is 43.2 Å². The first-order valence-corrected chi connectivity index (χ1v) is 18.4. The Hall–Kier alpha value is -0.846. The second kappa shape index (κ2) is 9.23. The molecule has 2 aromatic rings. The number of halogens is 1.